The third-order valence-corrected chi connectivity index (χ3v) is 4.93. The lowest BCUT2D eigenvalue weighted by Gasteiger charge is -2.40. The molecule has 2 aliphatic rings. The molecule has 0 unspecified atom stereocenters. The standard InChI is InChI=1S/C24H31N/c1-7-11-21(9-3)25(22-16-12-18(5)13-17-22)24-19(6)14-15-20(8-2)23(24)10-4/h7-13,15-16,19,22H,2,4,14,17H2,1,3,5-6H3/b11-7-,21-9+/t19-,22-/m1/s1. The molecule has 0 spiro atoms. The number of nitrogens with zero attached hydrogens (tertiary/aromatic N) is 1. The van der Waals surface area contributed by atoms with Crippen LogP contribution in [0.2, 0.25) is 0 Å². The van der Waals surface area contributed by atoms with Gasteiger partial charge in [0, 0.05) is 22.9 Å². The van der Waals surface area contributed by atoms with Crippen LogP contribution in [0.25, 0.3) is 0 Å². The Morgan fingerprint density at radius 2 is 1.92 bits per heavy atom. The first-order valence-electron chi connectivity index (χ1n) is 9.20. The van der Waals surface area contributed by atoms with E-state index in [2.05, 4.69) is 88.3 Å². The normalized spacial score (nSPS) is 24.2. The molecule has 25 heavy (non-hydrogen) atoms. The van der Waals surface area contributed by atoms with Gasteiger partial charge in [0.05, 0.1) is 6.04 Å². The second-order valence-corrected chi connectivity index (χ2v) is 6.70. The predicted octanol–water partition coefficient (Wildman–Crippen LogP) is 6.64. The van der Waals surface area contributed by atoms with Crippen molar-refractivity contribution in [3.05, 3.63) is 96.0 Å². The van der Waals surface area contributed by atoms with Crippen molar-refractivity contribution < 1.29 is 0 Å². The molecule has 0 amide bonds. The van der Waals surface area contributed by atoms with E-state index in [1.54, 1.807) is 0 Å². The van der Waals surface area contributed by atoms with E-state index in [9.17, 15) is 0 Å². The van der Waals surface area contributed by atoms with Gasteiger partial charge in [0.15, 0.2) is 0 Å². The van der Waals surface area contributed by atoms with E-state index in [-0.39, 0.29) is 0 Å². The molecule has 0 saturated carbocycles. The molecule has 0 fully saturated rings. The molecule has 1 nitrogen and oxygen atoms in total. The van der Waals surface area contributed by atoms with Gasteiger partial charge in [0.25, 0.3) is 0 Å². The SMILES string of the molecule is C=CC1=CC[C@@H](C)C(N(C(/C=C\C)=C/C)[C@@H]2C=CC(C)=CC2)=C1C=C. The minimum absolute atomic E-state index is 0.322. The van der Waals surface area contributed by atoms with Crippen molar-refractivity contribution in [3.8, 4) is 0 Å². The maximum atomic E-state index is 4.10. The second-order valence-electron chi connectivity index (χ2n) is 6.70. The summed E-state index contributed by atoms with van der Waals surface area (Å²) in [5, 5.41) is 0. The summed E-state index contributed by atoms with van der Waals surface area (Å²) in [6.07, 6.45) is 21.7. The molecule has 0 aromatic heterocycles. The molecule has 2 aliphatic carbocycles. The Morgan fingerprint density at radius 3 is 2.44 bits per heavy atom. The molecule has 0 bridgehead atoms. The molecule has 0 aromatic carbocycles. The fraction of sp³-hybridized carbons (Fsp3) is 0.333. The van der Waals surface area contributed by atoms with Gasteiger partial charge in [-0.3, -0.25) is 0 Å². The summed E-state index contributed by atoms with van der Waals surface area (Å²) < 4.78 is 0. The molecule has 2 rings (SSSR count). The van der Waals surface area contributed by atoms with Gasteiger partial charge in [-0.1, -0.05) is 74.3 Å². The monoisotopic (exact) mass is 333 g/mol. The minimum atomic E-state index is 0.322. The van der Waals surface area contributed by atoms with Crippen LogP contribution in [-0.2, 0) is 0 Å². The zero-order chi connectivity index (χ0) is 18.4. The van der Waals surface area contributed by atoms with Gasteiger partial charge in [-0.05, 0) is 45.3 Å². The fourth-order valence-corrected chi connectivity index (χ4v) is 3.62. The summed E-state index contributed by atoms with van der Waals surface area (Å²) in [4.78, 5) is 2.50. The third kappa shape index (κ3) is 4.04. The summed E-state index contributed by atoms with van der Waals surface area (Å²) in [5.74, 6) is 0.442. The van der Waals surface area contributed by atoms with E-state index in [1.807, 2.05) is 12.2 Å². The van der Waals surface area contributed by atoms with Crippen molar-refractivity contribution in [2.45, 2.75) is 46.6 Å². The summed E-state index contributed by atoms with van der Waals surface area (Å²) >= 11 is 0. The Bertz CT molecular complexity index is 706. The van der Waals surface area contributed by atoms with Crippen LogP contribution in [-0.4, -0.2) is 10.9 Å². The Kier molecular flexibility index (Phi) is 6.64. The van der Waals surface area contributed by atoms with Gasteiger partial charge >= 0.3 is 0 Å². The van der Waals surface area contributed by atoms with Gasteiger partial charge in [0.1, 0.15) is 0 Å². The van der Waals surface area contributed by atoms with Crippen LogP contribution in [0.3, 0.4) is 0 Å². The third-order valence-electron chi connectivity index (χ3n) is 4.93. The van der Waals surface area contributed by atoms with E-state index in [0.717, 1.165) is 12.8 Å². The largest absolute Gasteiger partial charge is 0.337 e. The molecule has 0 N–H and O–H groups in total. The lowest BCUT2D eigenvalue weighted by Crippen LogP contribution is -2.36. The average Bonchev–Trinajstić information content (AvgIpc) is 2.63. The number of hydrogen-bond acceptors (Lipinski definition) is 1. The van der Waals surface area contributed by atoms with Crippen LogP contribution in [0.1, 0.15) is 40.5 Å². The smallest absolute Gasteiger partial charge is 0.0557 e. The quantitative estimate of drug-likeness (QED) is 0.493. The highest BCUT2D eigenvalue weighted by Gasteiger charge is 2.29. The number of hydrogen-bond donors (Lipinski definition) is 0. The average molecular weight is 334 g/mol. The Hall–Kier alpha value is -2.28. The van der Waals surface area contributed by atoms with Crippen molar-refractivity contribution >= 4 is 0 Å². The highest BCUT2D eigenvalue weighted by molar-refractivity contribution is 5.52. The maximum Gasteiger partial charge on any atom is 0.0557 e. The lowest BCUT2D eigenvalue weighted by molar-refractivity contribution is 0.325. The summed E-state index contributed by atoms with van der Waals surface area (Å²) in [5.41, 5.74) is 6.32. The van der Waals surface area contributed by atoms with Gasteiger partial charge < -0.3 is 4.90 Å². The molecule has 0 aliphatic heterocycles. The van der Waals surface area contributed by atoms with Crippen LogP contribution in [0.5, 0.6) is 0 Å². The van der Waals surface area contributed by atoms with Gasteiger partial charge in [0.2, 0.25) is 0 Å². The van der Waals surface area contributed by atoms with Crippen LogP contribution in [0.15, 0.2) is 96.0 Å². The predicted molar refractivity (Wildman–Crippen MR) is 111 cm³/mol. The summed E-state index contributed by atoms with van der Waals surface area (Å²) in [7, 11) is 0. The molecule has 1 heteroatoms. The molecule has 2 atom stereocenters. The molecular formula is C24H31N. The lowest BCUT2D eigenvalue weighted by atomic mass is 9.85. The molecule has 0 saturated heterocycles. The van der Waals surface area contributed by atoms with Crippen molar-refractivity contribution in [1.82, 2.24) is 4.90 Å². The van der Waals surface area contributed by atoms with Crippen LogP contribution in [0.4, 0.5) is 0 Å². The first-order valence-corrected chi connectivity index (χ1v) is 9.20. The van der Waals surface area contributed by atoms with E-state index in [1.165, 1.54) is 28.1 Å². The topological polar surface area (TPSA) is 3.24 Å². The zero-order valence-corrected chi connectivity index (χ0v) is 16.1. The maximum absolute atomic E-state index is 4.10. The zero-order valence-electron chi connectivity index (χ0n) is 16.1. The fourth-order valence-electron chi connectivity index (χ4n) is 3.62. The molecule has 0 aromatic rings. The Morgan fingerprint density at radius 1 is 1.16 bits per heavy atom. The van der Waals surface area contributed by atoms with Crippen molar-refractivity contribution in [3.63, 3.8) is 0 Å². The van der Waals surface area contributed by atoms with E-state index < -0.39 is 0 Å². The van der Waals surface area contributed by atoms with Crippen molar-refractivity contribution in [1.29, 1.82) is 0 Å². The first-order chi connectivity index (χ1) is 12.1. The van der Waals surface area contributed by atoms with Crippen LogP contribution >= 0.6 is 0 Å². The van der Waals surface area contributed by atoms with Crippen molar-refractivity contribution in [2.24, 2.45) is 5.92 Å². The highest BCUT2D eigenvalue weighted by atomic mass is 15.2. The van der Waals surface area contributed by atoms with Crippen LogP contribution < -0.4 is 0 Å². The van der Waals surface area contributed by atoms with E-state index >= 15 is 0 Å². The Labute approximate surface area is 153 Å². The Balaban J connectivity index is 2.63. The highest BCUT2D eigenvalue weighted by Crippen LogP contribution is 2.38. The second kappa shape index (κ2) is 8.71. The first kappa shape index (κ1) is 19.1. The number of rotatable bonds is 6. The molecule has 0 radical (unpaired) electrons. The van der Waals surface area contributed by atoms with Gasteiger partial charge in [-0.2, -0.15) is 0 Å². The molecular weight excluding hydrogens is 302 g/mol. The molecule has 132 valence electrons. The summed E-state index contributed by atoms with van der Waals surface area (Å²) in [6, 6.07) is 0.322. The minimum Gasteiger partial charge on any atom is -0.337 e. The number of allylic oxidation sites excluding steroid dienone is 11. The van der Waals surface area contributed by atoms with E-state index in [4.69, 9.17) is 0 Å². The summed E-state index contributed by atoms with van der Waals surface area (Å²) in [6.45, 7) is 16.8. The van der Waals surface area contributed by atoms with E-state index in [0.29, 0.717) is 12.0 Å². The van der Waals surface area contributed by atoms with Crippen LogP contribution in [0, 0.1) is 5.92 Å². The molecule has 0 heterocycles. The van der Waals surface area contributed by atoms with Crippen molar-refractivity contribution in [2.75, 3.05) is 0 Å². The van der Waals surface area contributed by atoms with Gasteiger partial charge in [-0.15, -0.1) is 0 Å². The van der Waals surface area contributed by atoms with Gasteiger partial charge in [-0.25, -0.2) is 0 Å².